The van der Waals surface area contributed by atoms with E-state index in [1.54, 1.807) is 0 Å². The fraction of sp³-hybridized carbons (Fsp3) is 0.333. The Morgan fingerprint density at radius 2 is 0.900 bits per heavy atom. The first-order valence-corrected chi connectivity index (χ1v) is 3.60. The van der Waals surface area contributed by atoms with Gasteiger partial charge in [0.15, 0.2) is 0 Å². The molecule has 0 bridgehead atoms. The zero-order valence-electron chi connectivity index (χ0n) is 6.75. The van der Waals surface area contributed by atoms with Crippen molar-refractivity contribution < 1.29 is 34.1 Å². The van der Waals surface area contributed by atoms with Gasteiger partial charge in [-0.05, 0) is 0 Å². The van der Waals surface area contributed by atoms with Crippen molar-refractivity contribution in [1.82, 2.24) is 0 Å². The van der Waals surface area contributed by atoms with Gasteiger partial charge in [0.2, 0.25) is 0 Å². The van der Waals surface area contributed by atoms with Gasteiger partial charge in [-0.1, -0.05) is 0 Å². The molecule has 0 saturated heterocycles. The summed E-state index contributed by atoms with van der Waals surface area (Å²) in [6, 6.07) is 0. The van der Waals surface area contributed by atoms with E-state index in [1.807, 2.05) is 20.3 Å². The molecule has 74 valence electrons. The third-order valence-corrected chi connectivity index (χ3v) is 0. The standard InChI is InChI=1S/C3H7.2CH4P.CH3.2Cu/c1-3-2;2*1-2;;;/h3H,1-2H3;2*1-2H2;1H3;;/q4*-1;2*+2. The van der Waals surface area contributed by atoms with Crippen LogP contribution in [0.5, 0.6) is 0 Å². The maximum atomic E-state index is 3.17. The van der Waals surface area contributed by atoms with Gasteiger partial charge >= 0.3 is 34.1 Å². The van der Waals surface area contributed by atoms with Gasteiger partial charge in [0.25, 0.3) is 0 Å². The van der Waals surface area contributed by atoms with Crippen molar-refractivity contribution in [3.63, 3.8) is 0 Å². The third kappa shape index (κ3) is 217. The fourth-order valence-electron chi connectivity index (χ4n) is 0. The summed E-state index contributed by atoms with van der Waals surface area (Å²) in [5.41, 5.74) is 0. The van der Waals surface area contributed by atoms with Crippen LogP contribution in [-0.4, -0.2) is 0 Å². The van der Waals surface area contributed by atoms with Crippen molar-refractivity contribution in [1.29, 1.82) is 0 Å². The molecule has 0 fully saturated rings. The Hall–Kier alpha value is 1.90. The van der Waals surface area contributed by atoms with Gasteiger partial charge in [0, 0.05) is 0 Å². The number of rotatable bonds is 0. The number of hydrogen-bond acceptors (Lipinski definition) is 0. The topological polar surface area (TPSA) is 0 Å². The van der Waals surface area contributed by atoms with Crippen molar-refractivity contribution in [3.8, 4) is 0 Å². The van der Waals surface area contributed by atoms with Crippen LogP contribution in [0.15, 0.2) is 0 Å². The summed E-state index contributed by atoms with van der Waals surface area (Å²) in [4.78, 5) is 0. The summed E-state index contributed by atoms with van der Waals surface area (Å²) in [5.74, 6) is 0. The third-order valence-electron chi connectivity index (χ3n) is 0. The molecule has 0 spiro atoms. The SMILES string of the molecule is C[CH-]C.[CH2-]P.[CH2-]P.[CH3-].[Cu+2].[Cu+2]. The zero-order valence-corrected chi connectivity index (χ0v) is 10.9. The van der Waals surface area contributed by atoms with E-state index in [4.69, 9.17) is 0 Å². The molecule has 0 N–H and O–H groups in total. The molecule has 0 rings (SSSR count). The quantitative estimate of drug-likeness (QED) is 0.363. The average Bonchev–Trinajstić information content (AvgIpc) is 1.78. The Morgan fingerprint density at radius 1 is 0.900 bits per heavy atom. The summed E-state index contributed by atoms with van der Waals surface area (Å²) in [6.07, 6.45) is 2.00. The smallest absolute Gasteiger partial charge is 0.358 e. The van der Waals surface area contributed by atoms with E-state index in [-0.39, 0.29) is 41.6 Å². The van der Waals surface area contributed by atoms with Gasteiger partial charge < -0.3 is 45.7 Å². The van der Waals surface area contributed by atoms with Gasteiger partial charge in [-0.15, -0.1) is 0 Å². The molecule has 10 heavy (non-hydrogen) atoms. The summed E-state index contributed by atoms with van der Waals surface area (Å²) < 4.78 is 0. The van der Waals surface area contributed by atoms with Crippen LogP contribution in [0.3, 0.4) is 0 Å². The number of hydrogen-bond donors (Lipinski definition) is 0. The van der Waals surface area contributed by atoms with Crippen LogP contribution in [0.25, 0.3) is 0 Å². The first-order chi connectivity index (χ1) is 3.41. The van der Waals surface area contributed by atoms with E-state index < -0.39 is 0 Å². The Bertz CT molecular complexity index is 13.7. The Kier molecular flexibility index (Phi) is 516. The van der Waals surface area contributed by atoms with E-state index in [9.17, 15) is 0 Å². The fourth-order valence-corrected chi connectivity index (χ4v) is 0. The molecular weight excluding hydrogens is 261 g/mol. The molecule has 0 aromatic rings. The van der Waals surface area contributed by atoms with Crippen molar-refractivity contribution in [2.75, 3.05) is 0 Å². The van der Waals surface area contributed by atoms with Gasteiger partial charge in [-0.25, -0.2) is 0 Å². The molecule has 0 aliphatic heterocycles. The molecule has 0 heterocycles. The summed E-state index contributed by atoms with van der Waals surface area (Å²) in [6.45, 7) is 10.3. The molecule has 2 unspecified atom stereocenters. The maximum absolute atomic E-state index is 3.17. The Morgan fingerprint density at radius 3 is 0.900 bits per heavy atom. The van der Waals surface area contributed by atoms with E-state index >= 15 is 0 Å². The molecule has 2 atom stereocenters. The summed E-state index contributed by atoms with van der Waals surface area (Å²) in [7, 11) is 4.33. The monoisotopic (exact) mass is 278 g/mol. The second kappa shape index (κ2) is 127. The Balaban J connectivity index is -0.00000000536. The van der Waals surface area contributed by atoms with Crippen molar-refractivity contribution in [2.24, 2.45) is 0 Å². The molecule has 0 aromatic heterocycles. The van der Waals surface area contributed by atoms with E-state index in [2.05, 4.69) is 31.8 Å². The second-order valence-corrected chi connectivity index (χ2v) is 0.577. The minimum absolute atomic E-state index is 0. The normalized spacial score (nSPS) is 3.00. The van der Waals surface area contributed by atoms with Gasteiger partial charge in [-0.3, -0.25) is 0 Å². The van der Waals surface area contributed by atoms with E-state index in [0.717, 1.165) is 0 Å². The van der Waals surface area contributed by atoms with Crippen molar-refractivity contribution in [3.05, 3.63) is 27.2 Å². The largest absolute Gasteiger partial charge is 2.00 e. The first-order valence-electron chi connectivity index (χ1n) is 1.97. The Labute approximate surface area is 93.4 Å². The maximum Gasteiger partial charge on any atom is 2.00 e. The predicted octanol–water partition coefficient (Wildman–Crippen LogP) is 2.98. The predicted molar refractivity (Wildman–Crippen MR) is 52.2 cm³/mol. The molecular formula is C6H18Cu2P2. The molecule has 4 heteroatoms. The summed E-state index contributed by atoms with van der Waals surface area (Å²) >= 11 is 0. The van der Waals surface area contributed by atoms with Crippen molar-refractivity contribution in [2.45, 2.75) is 13.8 Å². The van der Waals surface area contributed by atoms with Crippen molar-refractivity contribution >= 4 is 18.5 Å². The van der Waals surface area contributed by atoms with E-state index in [1.165, 1.54) is 0 Å². The molecule has 2 radical (unpaired) electrons. The van der Waals surface area contributed by atoms with Crippen LogP contribution in [0, 0.1) is 27.2 Å². The summed E-state index contributed by atoms with van der Waals surface area (Å²) in [5, 5.41) is 0. The van der Waals surface area contributed by atoms with E-state index in [0.29, 0.717) is 0 Å². The average molecular weight is 279 g/mol. The van der Waals surface area contributed by atoms with Crippen LogP contribution in [0.1, 0.15) is 13.8 Å². The minimum atomic E-state index is 0. The van der Waals surface area contributed by atoms with Crippen LogP contribution in [-0.2, 0) is 34.1 Å². The van der Waals surface area contributed by atoms with Gasteiger partial charge in [0.1, 0.15) is 0 Å². The zero-order chi connectivity index (χ0) is 6.71. The van der Waals surface area contributed by atoms with Gasteiger partial charge in [-0.2, -0.15) is 13.8 Å². The van der Waals surface area contributed by atoms with Crippen LogP contribution in [0.2, 0.25) is 0 Å². The molecule has 0 aliphatic rings. The van der Waals surface area contributed by atoms with Crippen LogP contribution < -0.4 is 0 Å². The van der Waals surface area contributed by atoms with Gasteiger partial charge in [0.05, 0.1) is 0 Å². The molecule has 0 aromatic carbocycles. The molecule has 0 aliphatic carbocycles. The molecule has 0 amide bonds. The molecule has 0 nitrogen and oxygen atoms in total. The van der Waals surface area contributed by atoms with Crippen LogP contribution >= 0.6 is 18.5 Å². The second-order valence-electron chi connectivity index (χ2n) is 0.577. The van der Waals surface area contributed by atoms with Crippen LogP contribution in [0.4, 0.5) is 0 Å². The first kappa shape index (κ1) is 40.6. The minimum Gasteiger partial charge on any atom is -0.358 e. The molecule has 0 saturated carbocycles.